The van der Waals surface area contributed by atoms with E-state index in [1.807, 2.05) is 6.92 Å². The maximum absolute atomic E-state index is 12.4. The number of hydrogen-bond acceptors (Lipinski definition) is 6. The molecule has 2 aromatic heterocycles. The van der Waals surface area contributed by atoms with Gasteiger partial charge in [0.1, 0.15) is 5.75 Å². The normalized spacial score (nSPS) is 11.9. The van der Waals surface area contributed by atoms with Gasteiger partial charge < -0.3 is 9.67 Å². The van der Waals surface area contributed by atoms with Crippen LogP contribution in [0, 0.1) is 0 Å². The van der Waals surface area contributed by atoms with Gasteiger partial charge in [-0.1, -0.05) is 26.2 Å². The Balaban J connectivity index is 1.98. The van der Waals surface area contributed by atoms with Crippen molar-refractivity contribution in [1.82, 2.24) is 19.1 Å². The lowest BCUT2D eigenvalue weighted by atomic mass is 10.1. The molecule has 0 unspecified atom stereocenters. The maximum atomic E-state index is 12.4. The van der Waals surface area contributed by atoms with Crippen LogP contribution in [-0.4, -0.2) is 29.9 Å². The van der Waals surface area contributed by atoms with Crippen LogP contribution in [0.5, 0.6) is 5.75 Å². The monoisotopic (exact) mass is 398 g/mol. The second kappa shape index (κ2) is 8.76. The van der Waals surface area contributed by atoms with Gasteiger partial charge in [0, 0.05) is 13.6 Å². The highest BCUT2D eigenvalue weighted by molar-refractivity contribution is 5.99. The summed E-state index contributed by atoms with van der Waals surface area (Å²) in [5.41, 5.74) is 4.17. The quantitative estimate of drug-likeness (QED) is 0.306. The number of aryl methyl sites for hydroxylation is 2. The Morgan fingerprint density at radius 3 is 2.62 bits per heavy atom. The van der Waals surface area contributed by atoms with Crippen LogP contribution in [0.4, 0.5) is 5.95 Å². The molecule has 0 radical (unpaired) electrons. The van der Waals surface area contributed by atoms with Gasteiger partial charge in [-0.05, 0) is 43.2 Å². The van der Waals surface area contributed by atoms with Crippen molar-refractivity contribution in [1.29, 1.82) is 0 Å². The number of aromatic hydroxyl groups is 1. The third-order valence-electron chi connectivity index (χ3n) is 4.85. The lowest BCUT2D eigenvalue weighted by Gasteiger charge is -2.09. The molecular weight excluding hydrogens is 372 g/mol. The molecule has 0 bridgehead atoms. The van der Waals surface area contributed by atoms with Crippen molar-refractivity contribution in [2.45, 2.75) is 46.1 Å². The number of fused-ring (bicyclic) bond motifs is 1. The number of nitrogens with one attached hydrogen (secondary N) is 2. The third kappa shape index (κ3) is 4.39. The van der Waals surface area contributed by atoms with Crippen molar-refractivity contribution in [3.63, 3.8) is 0 Å². The summed E-state index contributed by atoms with van der Waals surface area (Å²) in [6, 6.07) is 6.70. The van der Waals surface area contributed by atoms with E-state index in [0.717, 1.165) is 31.2 Å². The molecule has 9 nitrogen and oxygen atoms in total. The van der Waals surface area contributed by atoms with Crippen molar-refractivity contribution in [2.24, 2.45) is 12.1 Å². The summed E-state index contributed by atoms with van der Waals surface area (Å²) in [6.07, 6.45) is 4.15. The minimum Gasteiger partial charge on any atom is -0.508 e. The molecule has 0 saturated carbocycles. The Morgan fingerprint density at radius 1 is 1.21 bits per heavy atom. The number of anilines is 1. The number of aromatic nitrogens is 4. The second-order valence-corrected chi connectivity index (χ2v) is 6.99. The number of aromatic amines is 1. The minimum atomic E-state index is -0.506. The molecule has 0 aliphatic rings. The number of hydrazone groups is 1. The van der Waals surface area contributed by atoms with Gasteiger partial charge in [-0.2, -0.15) is 10.1 Å². The number of unbranched alkanes of at least 4 members (excludes halogenated alkanes) is 3. The number of phenols is 1. The van der Waals surface area contributed by atoms with E-state index in [-0.39, 0.29) is 5.75 Å². The topological polar surface area (TPSA) is 117 Å². The fraction of sp³-hybridized carbons (Fsp3) is 0.400. The zero-order valence-electron chi connectivity index (χ0n) is 16.9. The van der Waals surface area contributed by atoms with E-state index in [4.69, 9.17) is 0 Å². The summed E-state index contributed by atoms with van der Waals surface area (Å²) in [5.74, 6) is 0.588. The first-order chi connectivity index (χ1) is 13.9. The first-order valence-corrected chi connectivity index (χ1v) is 9.71. The van der Waals surface area contributed by atoms with Crippen LogP contribution in [0.3, 0.4) is 0 Å². The molecule has 0 fully saturated rings. The van der Waals surface area contributed by atoms with E-state index in [0.29, 0.717) is 29.4 Å². The van der Waals surface area contributed by atoms with Crippen LogP contribution in [0.1, 0.15) is 45.1 Å². The van der Waals surface area contributed by atoms with Gasteiger partial charge in [0.05, 0.1) is 5.71 Å². The molecule has 1 aromatic carbocycles. The second-order valence-electron chi connectivity index (χ2n) is 6.99. The fourth-order valence-corrected chi connectivity index (χ4v) is 3.14. The van der Waals surface area contributed by atoms with Crippen molar-refractivity contribution in [3.05, 3.63) is 50.7 Å². The molecule has 0 saturated heterocycles. The van der Waals surface area contributed by atoms with Gasteiger partial charge in [-0.25, -0.2) is 10.2 Å². The first-order valence-electron chi connectivity index (χ1n) is 9.71. The van der Waals surface area contributed by atoms with E-state index >= 15 is 0 Å². The zero-order chi connectivity index (χ0) is 21.0. The average molecular weight is 398 g/mol. The molecule has 29 heavy (non-hydrogen) atoms. The Bertz CT molecular complexity index is 1140. The molecule has 0 amide bonds. The minimum absolute atomic E-state index is 0.184. The number of H-pyrrole nitrogens is 1. The number of imidazole rings is 1. The van der Waals surface area contributed by atoms with E-state index in [2.05, 4.69) is 27.4 Å². The van der Waals surface area contributed by atoms with E-state index < -0.39 is 11.2 Å². The number of rotatable bonds is 8. The summed E-state index contributed by atoms with van der Waals surface area (Å²) < 4.78 is 3.10. The van der Waals surface area contributed by atoms with E-state index in [9.17, 15) is 14.7 Å². The summed E-state index contributed by atoms with van der Waals surface area (Å²) in [6.45, 7) is 4.56. The standard InChI is InChI=1S/C20H26N6O3/c1-4-5-6-7-12-26-16-17(25(3)20(29)22-18(16)28)21-19(26)24-23-13(2)14-8-10-15(27)11-9-14/h8-11,27H,4-7,12H2,1-3H3,(H,21,24)(H,22,28,29)/b23-13-. The molecule has 0 aliphatic heterocycles. The van der Waals surface area contributed by atoms with Crippen LogP contribution < -0.4 is 16.7 Å². The van der Waals surface area contributed by atoms with Crippen LogP contribution in [0.25, 0.3) is 11.2 Å². The third-order valence-corrected chi connectivity index (χ3v) is 4.85. The molecule has 3 rings (SSSR count). The molecule has 0 spiro atoms. The highest BCUT2D eigenvalue weighted by atomic mass is 16.3. The molecule has 3 N–H and O–H groups in total. The van der Waals surface area contributed by atoms with E-state index in [1.54, 1.807) is 35.9 Å². The largest absolute Gasteiger partial charge is 0.508 e. The lowest BCUT2D eigenvalue weighted by Crippen LogP contribution is -2.29. The highest BCUT2D eigenvalue weighted by Gasteiger charge is 2.17. The van der Waals surface area contributed by atoms with Crippen molar-refractivity contribution < 1.29 is 5.11 Å². The summed E-state index contributed by atoms with van der Waals surface area (Å²) in [5, 5.41) is 13.8. The Labute approximate surface area is 167 Å². The fourth-order valence-electron chi connectivity index (χ4n) is 3.14. The predicted octanol–water partition coefficient (Wildman–Crippen LogP) is 2.55. The molecule has 9 heteroatoms. The van der Waals surface area contributed by atoms with Crippen molar-refractivity contribution >= 4 is 22.8 Å². The number of phenolic OH excluding ortho intramolecular Hbond substituents is 1. The Morgan fingerprint density at radius 2 is 1.93 bits per heavy atom. The number of benzene rings is 1. The molecule has 3 aromatic rings. The van der Waals surface area contributed by atoms with Gasteiger partial charge in [-0.15, -0.1) is 0 Å². The van der Waals surface area contributed by atoms with Gasteiger partial charge in [0.25, 0.3) is 5.56 Å². The summed E-state index contributed by atoms with van der Waals surface area (Å²) in [7, 11) is 1.57. The van der Waals surface area contributed by atoms with Gasteiger partial charge >= 0.3 is 5.69 Å². The molecule has 2 heterocycles. The summed E-state index contributed by atoms with van der Waals surface area (Å²) in [4.78, 5) is 31.2. The van der Waals surface area contributed by atoms with Gasteiger partial charge in [0.15, 0.2) is 11.2 Å². The number of nitrogens with zero attached hydrogens (tertiary/aromatic N) is 4. The number of hydrogen-bond donors (Lipinski definition) is 3. The Kier molecular flexibility index (Phi) is 6.16. The van der Waals surface area contributed by atoms with Crippen LogP contribution in [0.15, 0.2) is 39.0 Å². The van der Waals surface area contributed by atoms with E-state index in [1.165, 1.54) is 4.57 Å². The van der Waals surface area contributed by atoms with Gasteiger partial charge in [-0.3, -0.25) is 14.3 Å². The maximum Gasteiger partial charge on any atom is 0.329 e. The molecular formula is C20H26N6O3. The van der Waals surface area contributed by atoms with Crippen LogP contribution >= 0.6 is 0 Å². The van der Waals surface area contributed by atoms with Crippen LogP contribution in [0.2, 0.25) is 0 Å². The lowest BCUT2D eigenvalue weighted by molar-refractivity contribution is 0.475. The smallest absolute Gasteiger partial charge is 0.329 e. The molecule has 154 valence electrons. The molecule has 0 aliphatic carbocycles. The Hall–Kier alpha value is -3.36. The van der Waals surface area contributed by atoms with Crippen molar-refractivity contribution in [3.8, 4) is 5.75 Å². The van der Waals surface area contributed by atoms with Crippen LogP contribution in [-0.2, 0) is 13.6 Å². The first kappa shape index (κ1) is 20.4. The van der Waals surface area contributed by atoms with Gasteiger partial charge in [0.2, 0.25) is 5.95 Å². The zero-order valence-corrected chi connectivity index (χ0v) is 16.9. The SMILES string of the molecule is CCCCCCn1c(N/N=C(/C)c2ccc(O)cc2)nc2c1c(=O)[nH]c(=O)n2C. The predicted molar refractivity (Wildman–Crippen MR) is 114 cm³/mol. The average Bonchev–Trinajstić information content (AvgIpc) is 3.07. The molecule has 0 atom stereocenters. The summed E-state index contributed by atoms with van der Waals surface area (Å²) >= 11 is 0. The highest BCUT2D eigenvalue weighted by Crippen LogP contribution is 2.18. The van der Waals surface area contributed by atoms with Crippen molar-refractivity contribution in [2.75, 3.05) is 5.43 Å².